The average molecular weight is 673 g/mol. The average Bonchev–Trinajstić information content (AvgIpc) is 3.82. The van der Waals surface area contributed by atoms with E-state index in [1.54, 1.807) is 43.7 Å². The van der Waals surface area contributed by atoms with E-state index in [0.717, 1.165) is 44.9 Å². The Hall–Kier alpha value is -5.27. The van der Waals surface area contributed by atoms with Gasteiger partial charge >= 0.3 is 0 Å². The lowest BCUT2D eigenvalue weighted by atomic mass is 10.0. The number of fused-ring (bicyclic) bond motifs is 1. The van der Waals surface area contributed by atoms with Crippen LogP contribution in [0.3, 0.4) is 0 Å². The molecule has 3 fully saturated rings. The minimum Gasteiger partial charge on any atom is -0.367 e. The lowest BCUT2D eigenvalue weighted by Crippen LogP contribution is -2.53. The van der Waals surface area contributed by atoms with Crippen molar-refractivity contribution in [2.45, 2.75) is 30.8 Å². The van der Waals surface area contributed by atoms with E-state index in [1.165, 1.54) is 12.8 Å². The quantitative estimate of drug-likeness (QED) is 0.247. The van der Waals surface area contributed by atoms with Gasteiger partial charge in [0.15, 0.2) is 11.4 Å². The Bertz CT molecular complexity index is 2010. The first-order valence-electron chi connectivity index (χ1n) is 17.2. The third kappa shape index (κ3) is 6.18. The SMILES string of the molecule is CO[C@@]1(C(=O)N(C)c2ccc3[nH]nc(-c4ccnc(C5CC5)c4)c3c2)CCN(CC(=O)N2CCN(c3ccc(-c4ncccn4)cn3)CC2)C1. The van der Waals surface area contributed by atoms with E-state index < -0.39 is 5.60 Å². The fourth-order valence-corrected chi connectivity index (χ4v) is 7.10. The van der Waals surface area contributed by atoms with Gasteiger partial charge in [-0.2, -0.15) is 5.10 Å². The number of anilines is 2. The van der Waals surface area contributed by atoms with Crippen LogP contribution in [0.5, 0.6) is 0 Å². The molecule has 1 aliphatic carbocycles. The van der Waals surface area contributed by atoms with E-state index in [0.29, 0.717) is 57.4 Å². The molecule has 13 heteroatoms. The second kappa shape index (κ2) is 13.2. The van der Waals surface area contributed by atoms with E-state index in [-0.39, 0.29) is 18.4 Å². The summed E-state index contributed by atoms with van der Waals surface area (Å²) in [5.74, 6) is 1.97. The summed E-state index contributed by atoms with van der Waals surface area (Å²) >= 11 is 0. The Balaban J connectivity index is 0.887. The Kier molecular flexibility index (Phi) is 8.45. The number of H-pyrrole nitrogens is 1. The predicted octanol–water partition coefficient (Wildman–Crippen LogP) is 3.76. The minimum absolute atomic E-state index is 0.0563. The zero-order valence-corrected chi connectivity index (χ0v) is 28.3. The maximum absolute atomic E-state index is 14.1. The van der Waals surface area contributed by atoms with E-state index in [2.05, 4.69) is 41.1 Å². The van der Waals surface area contributed by atoms with Gasteiger partial charge in [0.2, 0.25) is 5.91 Å². The number of likely N-dealkylation sites (tertiary alicyclic amines) is 1. The highest BCUT2D eigenvalue weighted by Gasteiger charge is 2.47. The van der Waals surface area contributed by atoms with Crippen LogP contribution in [-0.2, 0) is 14.3 Å². The normalized spacial score (nSPS) is 19.6. The van der Waals surface area contributed by atoms with Gasteiger partial charge in [0.1, 0.15) is 11.5 Å². The molecule has 5 aromatic rings. The van der Waals surface area contributed by atoms with Crippen molar-refractivity contribution in [3.05, 3.63) is 79.0 Å². The van der Waals surface area contributed by atoms with Crippen molar-refractivity contribution in [1.29, 1.82) is 0 Å². The van der Waals surface area contributed by atoms with Gasteiger partial charge in [-0.15, -0.1) is 0 Å². The number of carbonyl (C=O) groups excluding carboxylic acids is 2. The van der Waals surface area contributed by atoms with Crippen LogP contribution in [0, 0.1) is 0 Å². The number of amides is 2. The summed E-state index contributed by atoms with van der Waals surface area (Å²) in [4.78, 5) is 53.1. The van der Waals surface area contributed by atoms with E-state index >= 15 is 0 Å². The largest absolute Gasteiger partial charge is 0.367 e. The molecule has 3 aliphatic rings. The number of rotatable bonds is 9. The molecule has 1 saturated carbocycles. The number of hydrogen-bond acceptors (Lipinski definition) is 10. The van der Waals surface area contributed by atoms with Crippen LogP contribution in [-0.4, -0.2) is 117 Å². The molecule has 0 spiro atoms. The number of nitrogens with one attached hydrogen (secondary N) is 1. The summed E-state index contributed by atoms with van der Waals surface area (Å²) < 4.78 is 5.96. The van der Waals surface area contributed by atoms with Gasteiger partial charge in [-0.25, -0.2) is 15.0 Å². The molecule has 8 rings (SSSR count). The van der Waals surface area contributed by atoms with Crippen LogP contribution >= 0.6 is 0 Å². The first-order chi connectivity index (χ1) is 24.4. The number of aromatic amines is 1. The highest BCUT2D eigenvalue weighted by molar-refractivity contribution is 6.02. The Morgan fingerprint density at radius 1 is 0.940 bits per heavy atom. The molecule has 2 aliphatic heterocycles. The number of hydrogen-bond donors (Lipinski definition) is 1. The zero-order valence-electron chi connectivity index (χ0n) is 28.3. The van der Waals surface area contributed by atoms with Gasteiger partial charge in [0, 0.05) is 112 Å². The van der Waals surface area contributed by atoms with Crippen LogP contribution in [0.2, 0.25) is 0 Å². The van der Waals surface area contributed by atoms with Crippen LogP contribution < -0.4 is 9.80 Å². The number of carbonyl (C=O) groups is 2. The van der Waals surface area contributed by atoms with E-state index in [1.807, 2.05) is 52.4 Å². The first kappa shape index (κ1) is 32.0. The predicted molar refractivity (Wildman–Crippen MR) is 190 cm³/mol. The maximum Gasteiger partial charge on any atom is 0.260 e. The number of piperazine rings is 1. The van der Waals surface area contributed by atoms with Gasteiger partial charge in [0.05, 0.1) is 12.1 Å². The number of ether oxygens (including phenoxy) is 1. The molecule has 0 unspecified atom stereocenters. The zero-order chi connectivity index (χ0) is 34.2. The van der Waals surface area contributed by atoms with E-state index in [9.17, 15) is 9.59 Å². The van der Waals surface area contributed by atoms with Crippen molar-refractivity contribution in [2.75, 3.05) is 69.8 Å². The van der Waals surface area contributed by atoms with E-state index in [4.69, 9.17) is 4.74 Å². The van der Waals surface area contributed by atoms with Gasteiger partial charge in [0.25, 0.3) is 5.91 Å². The highest BCUT2D eigenvalue weighted by atomic mass is 16.5. The number of benzene rings is 1. The van der Waals surface area contributed by atoms with Gasteiger partial charge in [-0.1, -0.05) is 0 Å². The second-order valence-corrected chi connectivity index (χ2v) is 13.4. The smallest absolute Gasteiger partial charge is 0.260 e. The Labute approximate surface area is 290 Å². The molecule has 13 nitrogen and oxygen atoms in total. The molecule has 1 atom stereocenters. The molecule has 1 N–H and O–H groups in total. The summed E-state index contributed by atoms with van der Waals surface area (Å²) in [5.41, 5.74) is 4.42. The molecule has 2 saturated heterocycles. The summed E-state index contributed by atoms with van der Waals surface area (Å²) in [7, 11) is 3.37. The maximum atomic E-state index is 14.1. The number of nitrogens with zero attached hydrogens (tertiary/aromatic N) is 9. The molecular formula is C37H40N10O3. The molecule has 256 valence electrons. The summed E-state index contributed by atoms with van der Waals surface area (Å²) in [6, 6.07) is 15.7. The molecule has 2 amide bonds. The fourth-order valence-electron chi connectivity index (χ4n) is 7.10. The third-order valence-corrected chi connectivity index (χ3v) is 10.3. The van der Waals surface area contributed by atoms with Crippen LogP contribution in [0.15, 0.2) is 73.3 Å². The molecule has 1 aromatic carbocycles. The summed E-state index contributed by atoms with van der Waals surface area (Å²) in [6.45, 7) is 3.78. The van der Waals surface area contributed by atoms with Crippen molar-refractivity contribution in [2.24, 2.45) is 0 Å². The Morgan fingerprint density at radius 3 is 2.50 bits per heavy atom. The fraction of sp³-hybridized carbons (Fsp3) is 0.378. The molecular weight excluding hydrogens is 632 g/mol. The molecule has 0 radical (unpaired) electrons. The number of pyridine rings is 2. The van der Waals surface area contributed by atoms with Gasteiger partial charge < -0.3 is 19.4 Å². The number of likely N-dealkylation sites (N-methyl/N-ethyl adjacent to an activating group) is 1. The molecule has 50 heavy (non-hydrogen) atoms. The van der Waals surface area contributed by atoms with Crippen LogP contribution in [0.25, 0.3) is 33.5 Å². The lowest BCUT2D eigenvalue weighted by molar-refractivity contribution is -0.140. The molecule has 6 heterocycles. The number of aromatic nitrogens is 6. The summed E-state index contributed by atoms with van der Waals surface area (Å²) in [6.07, 6.45) is 9.93. The lowest BCUT2D eigenvalue weighted by Gasteiger charge is -2.36. The van der Waals surface area contributed by atoms with Crippen molar-refractivity contribution in [3.8, 4) is 22.6 Å². The van der Waals surface area contributed by atoms with Crippen molar-refractivity contribution in [1.82, 2.24) is 39.9 Å². The molecule has 4 aromatic heterocycles. The number of methoxy groups -OCH3 is 1. The second-order valence-electron chi connectivity index (χ2n) is 13.4. The van der Waals surface area contributed by atoms with Crippen molar-refractivity contribution >= 4 is 34.2 Å². The van der Waals surface area contributed by atoms with Gasteiger partial charge in [-0.05, 0) is 67.8 Å². The van der Waals surface area contributed by atoms with Gasteiger partial charge in [-0.3, -0.25) is 24.6 Å². The third-order valence-electron chi connectivity index (χ3n) is 10.3. The minimum atomic E-state index is -1.05. The van der Waals surface area contributed by atoms with Crippen molar-refractivity contribution in [3.63, 3.8) is 0 Å². The highest BCUT2D eigenvalue weighted by Crippen LogP contribution is 2.40. The molecule has 0 bridgehead atoms. The van der Waals surface area contributed by atoms with Crippen molar-refractivity contribution < 1.29 is 14.3 Å². The Morgan fingerprint density at radius 2 is 1.76 bits per heavy atom. The topological polar surface area (TPSA) is 137 Å². The van der Waals surface area contributed by atoms with Crippen LogP contribution in [0.4, 0.5) is 11.5 Å². The standard InChI is InChI=1S/C37H40N10O3/c1-44(28-7-8-30-29(21-28)34(43-42-30)26-10-14-38-31(20-26)25-4-5-25)36(49)37(50-2)11-15-45(24-37)23-33(48)47-18-16-46(17-19-47)32-9-6-27(22-41-32)35-39-12-3-13-40-35/h3,6-10,12-14,20-22,25H,4-5,11,15-19,23-24H2,1-2H3,(H,42,43)/t37-/m0/s1. The monoisotopic (exact) mass is 672 g/mol. The van der Waals surface area contributed by atoms with Crippen LogP contribution in [0.1, 0.15) is 30.9 Å². The first-order valence-corrected chi connectivity index (χ1v) is 17.2. The summed E-state index contributed by atoms with van der Waals surface area (Å²) in [5, 5.41) is 8.69.